The average molecular weight is 270 g/mol. The maximum atomic E-state index is 2.91. The molecule has 1 heteroatoms. The molecule has 0 fully saturated rings. The van der Waals surface area contributed by atoms with Crippen molar-refractivity contribution < 1.29 is 0 Å². The van der Waals surface area contributed by atoms with E-state index in [1.54, 1.807) is 0 Å². The van der Waals surface area contributed by atoms with Gasteiger partial charge in [-0.2, -0.15) is 0 Å². The second kappa shape index (κ2) is 6.35. The molecule has 0 radical (unpaired) electrons. The molecule has 2 aromatic rings. The third kappa shape index (κ3) is 3.67. The van der Waals surface area contributed by atoms with E-state index in [-0.39, 0.29) is 5.41 Å². The normalized spacial score (nSPS) is 13.2. The predicted octanol–water partition coefficient (Wildman–Crippen LogP) is 5.01. The van der Waals surface area contributed by atoms with Gasteiger partial charge in [0.15, 0.2) is 0 Å². The average Bonchev–Trinajstić information content (AvgIpc) is 2.47. The van der Waals surface area contributed by atoms with Crippen LogP contribution < -0.4 is 0 Å². The summed E-state index contributed by atoms with van der Waals surface area (Å²) in [5.41, 5.74) is 3.08. The first-order valence-corrected chi connectivity index (χ1v) is 7.75. The van der Waals surface area contributed by atoms with Crippen LogP contribution in [0.3, 0.4) is 0 Å². The summed E-state index contributed by atoms with van der Waals surface area (Å²) in [4.78, 5) is 0. The Labute approximate surface area is 119 Å². The third-order valence-electron chi connectivity index (χ3n) is 3.87. The van der Waals surface area contributed by atoms with E-state index < -0.39 is 0 Å². The summed E-state index contributed by atoms with van der Waals surface area (Å²) in [6.07, 6.45) is 2.28. The Morgan fingerprint density at radius 1 is 0.895 bits per heavy atom. The van der Waals surface area contributed by atoms with Gasteiger partial charge in [-0.25, -0.2) is 0 Å². The first kappa shape index (κ1) is 14.3. The molecule has 0 aromatic heterocycles. The van der Waals surface area contributed by atoms with Gasteiger partial charge in [-0.3, -0.25) is 0 Å². The van der Waals surface area contributed by atoms with Crippen LogP contribution in [0.15, 0.2) is 60.7 Å². The molecule has 0 spiro atoms. The van der Waals surface area contributed by atoms with Crippen LogP contribution >= 0.6 is 9.24 Å². The quantitative estimate of drug-likeness (QED) is 0.670. The third-order valence-corrected chi connectivity index (χ3v) is 4.44. The van der Waals surface area contributed by atoms with Crippen molar-refractivity contribution in [2.75, 3.05) is 6.16 Å². The Morgan fingerprint density at radius 2 is 1.42 bits per heavy atom. The van der Waals surface area contributed by atoms with E-state index in [0.717, 1.165) is 6.16 Å². The summed E-state index contributed by atoms with van der Waals surface area (Å²) in [6.45, 7) is 4.69. The van der Waals surface area contributed by atoms with E-state index in [2.05, 4.69) is 83.8 Å². The highest BCUT2D eigenvalue weighted by Crippen LogP contribution is 2.35. The Bertz CT molecular complexity index is 488. The maximum absolute atomic E-state index is 2.91. The maximum Gasteiger partial charge on any atom is -0.00976 e. The number of hydrogen-bond acceptors (Lipinski definition) is 0. The molecule has 2 aromatic carbocycles. The van der Waals surface area contributed by atoms with Gasteiger partial charge < -0.3 is 0 Å². The Morgan fingerprint density at radius 3 is 1.95 bits per heavy atom. The van der Waals surface area contributed by atoms with E-state index in [1.807, 2.05) is 0 Å². The van der Waals surface area contributed by atoms with Crippen LogP contribution in [0.25, 0.3) is 0 Å². The Balaban J connectivity index is 2.19. The standard InChI is InChI=1S/C18H23P/c1-18(2,17-11-7-4-8-12-17)13-16(14-19)15-9-5-3-6-10-15/h3-12,16H,13-14,19H2,1-2H3. The van der Waals surface area contributed by atoms with Crippen molar-refractivity contribution >= 4 is 9.24 Å². The highest BCUT2D eigenvalue weighted by Gasteiger charge is 2.25. The number of benzene rings is 2. The molecule has 100 valence electrons. The lowest BCUT2D eigenvalue weighted by atomic mass is 9.76. The second-order valence-corrected chi connectivity index (χ2v) is 6.27. The Kier molecular flexibility index (Phi) is 4.77. The highest BCUT2D eigenvalue weighted by atomic mass is 31.0. The summed E-state index contributed by atoms with van der Waals surface area (Å²) in [7, 11) is 2.91. The monoisotopic (exact) mass is 270 g/mol. The van der Waals surface area contributed by atoms with Crippen LogP contribution in [-0.4, -0.2) is 6.16 Å². The number of hydrogen-bond donors (Lipinski definition) is 0. The van der Waals surface area contributed by atoms with Crippen molar-refractivity contribution in [1.82, 2.24) is 0 Å². The predicted molar refractivity (Wildman–Crippen MR) is 87.8 cm³/mol. The van der Waals surface area contributed by atoms with Gasteiger partial charge >= 0.3 is 0 Å². The first-order valence-electron chi connectivity index (χ1n) is 6.94. The molecular weight excluding hydrogens is 247 g/mol. The molecule has 0 bridgehead atoms. The molecule has 0 saturated heterocycles. The minimum absolute atomic E-state index is 0.207. The lowest BCUT2D eigenvalue weighted by molar-refractivity contribution is 0.441. The zero-order chi connectivity index (χ0) is 13.7. The van der Waals surface area contributed by atoms with E-state index >= 15 is 0 Å². The van der Waals surface area contributed by atoms with Gasteiger partial charge in [0.2, 0.25) is 0 Å². The van der Waals surface area contributed by atoms with Gasteiger partial charge in [-0.05, 0) is 35.0 Å². The van der Waals surface area contributed by atoms with Crippen LogP contribution in [0.5, 0.6) is 0 Å². The zero-order valence-corrected chi connectivity index (χ0v) is 13.0. The van der Waals surface area contributed by atoms with Crippen molar-refractivity contribution in [2.24, 2.45) is 0 Å². The molecule has 0 nitrogen and oxygen atoms in total. The minimum atomic E-state index is 0.207. The molecule has 2 unspecified atom stereocenters. The molecule has 0 saturated carbocycles. The van der Waals surface area contributed by atoms with Crippen LogP contribution in [0.2, 0.25) is 0 Å². The molecule has 0 heterocycles. The summed E-state index contributed by atoms with van der Waals surface area (Å²) < 4.78 is 0. The molecule has 0 aliphatic heterocycles. The zero-order valence-electron chi connectivity index (χ0n) is 11.8. The summed E-state index contributed by atoms with van der Waals surface area (Å²) in [5.74, 6) is 0.599. The van der Waals surface area contributed by atoms with E-state index in [9.17, 15) is 0 Å². The van der Waals surface area contributed by atoms with E-state index in [4.69, 9.17) is 0 Å². The van der Waals surface area contributed by atoms with Crippen molar-refractivity contribution in [2.45, 2.75) is 31.6 Å². The molecule has 0 amide bonds. The largest absolute Gasteiger partial charge is 0.137 e. The first-order chi connectivity index (χ1) is 9.13. The van der Waals surface area contributed by atoms with Gasteiger partial charge in [0.05, 0.1) is 0 Å². The van der Waals surface area contributed by atoms with Crippen LogP contribution in [0.4, 0.5) is 0 Å². The van der Waals surface area contributed by atoms with Gasteiger partial charge in [-0.15, -0.1) is 9.24 Å². The van der Waals surface area contributed by atoms with Crippen LogP contribution in [0.1, 0.15) is 37.3 Å². The minimum Gasteiger partial charge on any atom is -0.137 e. The summed E-state index contributed by atoms with van der Waals surface area (Å²) in [6, 6.07) is 21.7. The van der Waals surface area contributed by atoms with Crippen molar-refractivity contribution in [3.63, 3.8) is 0 Å². The van der Waals surface area contributed by atoms with E-state index in [1.165, 1.54) is 17.5 Å². The van der Waals surface area contributed by atoms with Crippen molar-refractivity contribution in [1.29, 1.82) is 0 Å². The van der Waals surface area contributed by atoms with Gasteiger partial charge in [0, 0.05) is 0 Å². The highest BCUT2D eigenvalue weighted by molar-refractivity contribution is 7.16. The fourth-order valence-electron chi connectivity index (χ4n) is 2.69. The smallest absolute Gasteiger partial charge is 0.00976 e. The molecule has 19 heavy (non-hydrogen) atoms. The number of rotatable bonds is 5. The molecule has 2 atom stereocenters. The fraction of sp³-hybridized carbons (Fsp3) is 0.333. The second-order valence-electron chi connectivity index (χ2n) is 5.80. The van der Waals surface area contributed by atoms with Gasteiger partial charge in [-0.1, -0.05) is 74.5 Å². The van der Waals surface area contributed by atoms with Gasteiger partial charge in [0.1, 0.15) is 0 Å². The summed E-state index contributed by atoms with van der Waals surface area (Å²) in [5, 5.41) is 0. The van der Waals surface area contributed by atoms with E-state index in [0.29, 0.717) is 5.92 Å². The Hall–Kier alpha value is -1.13. The van der Waals surface area contributed by atoms with Crippen molar-refractivity contribution in [3.8, 4) is 0 Å². The molecule has 0 N–H and O–H groups in total. The lowest BCUT2D eigenvalue weighted by Crippen LogP contribution is -2.21. The fourth-order valence-corrected chi connectivity index (χ4v) is 3.12. The molecule has 2 rings (SSSR count). The molecule has 0 aliphatic carbocycles. The summed E-state index contributed by atoms with van der Waals surface area (Å²) >= 11 is 0. The van der Waals surface area contributed by atoms with Crippen LogP contribution in [-0.2, 0) is 5.41 Å². The molecular formula is C18H23P. The van der Waals surface area contributed by atoms with Crippen molar-refractivity contribution in [3.05, 3.63) is 71.8 Å². The SMILES string of the molecule is CC(C)(CC(CP)c1ccccc1)c1ccccc1. The lowest BCUT2D eigenvalue weighted by Gasteiger charge is -2.30. The van der Waals surface area contributed by atoms with Crippen LogP contribution in [0, 0.1) is 0 Å². The van der Waals surface area contributed by atoms with Gasteiger partial charge in [0.25, 0.3) is 0 Å². The topological polar surface area (TPSA) is 0 Å². The molecule has 0 aliphatic rings.